The lowest BCUT2D eigenvalue weighted by molar-refractivity contribution is 0.552. The number of rotatable bonds is 4. The van der Waals surface area contributed by atoms with Crippen molar-refractivity contribution in [3.63, 3.8) is 0 Å². The number of aromatic nitrogens is 1. The maximum atomic E-state index is 5.86. The van der Waals surface area contributed by atoms with E-state index < -0.39 is 0 Å². The van der Waals surface area contributed by atoms with Crippen molar-refractivity contribution >= 4 is 21.7 Å². The number of pyridine rings is 1. The highest BCUT2D eigenvalue weighted by Gasteiger charge is 2.13. The number of hydrogen-bond acceptors (Lipinski definition) is 4. The van der Waals surface area contributed by atoms with Crippen LogP contribution >= 0.6 is 15.9 Å². The molecule has 18 heavy (non-hydrogen) atoms. The molecule has 0 fully saturated rings. The van der Waals surface area contributed by atoms with Gasteiger partial charge in [0.15, 0.2) is 0 Å². The van der Waals surface area contributed by atoms with Crippen molar-refractivity contribution in [2.24, 2.45) is 5.84 Å². The summed E-state index contributed by atoms with van der Waals surface area (Å²) >= 11 is 3.46. The van der Waals surface area contributed by atoms with Crippen molar-refractivity contribution in [2.45, 2.75) is 12.5 Å². The Morgan fingerprint density at radius 3 is 2.78 bits per heavy atom. The number of nitrogen functional groups attached to an aromatic ring is 1. The molecule has 1 atom stereocenters. The van der Waals surface area contributed by atoms with Gasteiger partial charge in [-0.05, 0) is 30.2 Å². The standard InChI is InChI=1S/C13H15BrN4/c14-10-4-1-3-9(7-10)8-12(18-16)11-5-2-6-17-13(11)15/h1-7,12,18H,8,16H2,(H2,15,17). The Balaban J connectivity index is 2.23. The lowest BCUT2D eigenvalue weighted by Gasteiger charge is -2.17. The van der Waals surface area contributed by atoms with Crippen molar-refractivity contribution in [3.05, 3.63) is 58.2 Å². The molecule has 1 aromatic carbocycles. The average Bonchev–Trinajstić information content (AvgIpc) is 2.37. The topological polar surface area (TPSA) is 77.0 Å². The van der Waals surface area contributed by atoms with Gasteiger partial charge in [-0.2, -0.15) is 0 Å². The molecule has 0 spiro atoms. The number of hydrazine groups is 1. The lowest BCUT2D eigenvalue weighted by Crippen LogP contribution is -2.30. The van der Waals surface area contributed by atoms with Gasteiger partial charge in [-0.3, -0.25) is 11.3 Å². The van der Waals surface area contributed by atoms with E-state index in [0.29, 0.717) is 5.82 Å². The summed E-state index contributed by atoms with van der Waals surface area (Å²) in [5, 5.41) is 0. The first-order valence-corrected chi connectivity index (χ1v) is 6.41. The fourth-order valence-corrected chi connectivity index (χ4v) is 2.33. The summed E-state index contributed by atoms with van der Waals surface area (Å²) in [6.07, 6.45) is 2.43. The number of hydrogen-bond donors (Lipinski definition) is 3. The molecule has 5 N–H and O–H groups in total. The van der Waals surface area contributed by atoms with Gasteiger partial charge in [0.2, 0.25) is 0 Å². The van der Waals surface area contributed by atoms with Gasteiger partial charge < -0.3 is 5.73 Å². The molecular formula is C13H15BrN4. The fourth-order valence-electron chi connectivity index (χ4n) is 1.88. The Bertz CT molecular complexity index is 530. The Kier molecular flexibility index (Phi) is 4.30. The molecule has 5 heteroatoms. The third-order valence-corrected chi connectivity index (χ3v) is 3.27. The summed E-state index contributed by atoms with van der Waals surface area (Å²) < 4.78 is 1.05. The van der Waals surface area contributed by atoms with Gasteiger partial charge in [-0.25, -0.2) is 4.98 Å². The Labute approximate surface area is 115 Å². The zero-order chi connectivity index (χ0) is 13.0. The molecule has 0 radical (unpaired) electrons. The van der Waals surface area contributed by atoms with Gasteiger partial charge in [0.25, 0.3) is 0 Å². The van der Waals surface area contributed by atoms with Crippen LogP contribution in [0.1, 0.15) is 17.2 Å². The SMILES string of the molecule is NNC(Cc1cccc(Br)c1)c1cccnc1N. The van der Waals surface area contributed by atoms with E-state index in [1.807, 2.05) is 24.3 Å². The first-order chi connectivity index (χ1) is 8.70. The summed E-state index contributed by atoms with van der Waals surface area (Å²) in [7, 11) is 0. The number of nitrogens with one attached hydrogen (secondary N) is 1. The fraction of sp³-hybridized carbons (Fsp3) is 0.154. The van der Waals surface area contributed by atoms with Crippen LogP contribution < -0.4 is 17.0 Å². The smallest absolute Gasteiger partial charge is 0.128 e. The third kappa shape index (κ3) is 3.07. The normalized spacial score (nSPS) is 12.3. The van der Waals surface area contributed by atoms with E-state index in [1.54, 1.807) is 6.20 Å². The van der Waals surface area contributed by atoms with Crippen LogP contribution in [0.3, 0.4) is 0 Å². The number of benzene rings is 1. The van der Waals surface area contributed by atoms with Gasteiger partial charge in [0.05, 0.1) is 6.04 Å². The maximum absolute atomic E-state index is 5.86. The Morgan fingerprint density at radius 1 is 1.28 bits per heavy atom. The zero-order valence-corrected chi connectivity index (χ0v) is 11.4. The number of anilines is 1. The molecule has 0 bridgehead atoms. The van der Waals surface area contributed by atoms with E-state index >= 15 is 0 Å². The highest BCUT2D eigenvalue weighted by molar-refractivity contribution is 9.10. The molecule has 0 aliphatic heterocycles. The summed E-state index contributed by atoms with van der Waals surface area (Å²) in [5.41, 5.74) is 10.7. The quantitative estimate of drug-likeness (QED) is 0.597. The van der Waals surface area contributed by atoms with Crippen LogP contribution in [0, 0.1) is 0 Å². The zero-order valence-electron chi connectivity index (χ0n) is 9.81. The molecule has 0 aliphatic rings. The molecule has 1 unspecified atom stereocenters. The molecule has 2 rings (SSSR count). The molecule has 0 aliphatic carbocycles. The van der Waals surface area contributed by atoms with Gasteiger partial charge >= 0.3 is 0 Å². The van der Waals surface area contributed by atoms with Gasteiger partial charge in [-0.15, -0.1) is 0 Å². The van der Waals surface area contributed by atoms with Crippen molar-refractivity contribution in [2.75, 3.05) is 5.73 Å². The third-order valence-electron chi connectivity index (χ3n) is 2.78. The van der Waals surface area contributed by atoms with Gasteiger partial charge in [0.1, 0.15) is 5.82 Å². The van der Waals surface area contributed by atoms with E-state index in [2.05, 4.69) is 38.5 Å². The molecule has 4 nitrogen and oxygen atoms in total. The molecular weight excluding hydrogens is 292 g/mol. The second kappa shape index (κ2) is 5.95. The summed E-state index contributed by atoms with van der Waals surface area (Å²) in [4.78, 5) is 4.08. The first kappa shape index (κ1) is 13.0. The summed E-state index contributed by atoms with van der Waals surface area (Å²) in [6.45, 7) is 0. The van der Waals surface area contributed by atoms with Crippen LogP contribution in [0.2, 0.25) is 0 Å². The lowest BCUT2D eigenvalue weighted by atomic mass is 10.00. The molecule has 0 saturated carbocycles. The van der Waals surface area contributed by atoms with E-state index in [4.69, 9.17) is 11.6 Å². The Hall–Kier alpha value is -1.43. The van der Waals surface area contributed by atoms with Crippen molar-refractivity contribution in [3.8, 4) is 0 Å². The minimum Gasteiger partial charge on any atom is -0.383 e. The van der Waals surface area contributed by atoms with Crippen LogP contribution in [0.25, 0.3) is 0 Å². The van der Waals surface area contributed by atoms with E-state index in [-0.39, 0.29) is 6.04 Å². The molecule has 1 heterocycles. The monoisotopic (exact) mass is 306 g/mol. The van der Waals surface area contributed by atoms with E-state index in [1.165, 1.54) is 5.56 Å². The van der Waals surface area contributed by atoms with Crippen LogP contribution in [0.4, 0.5) is 5.82 Å². The molecule has 0 amide bonds. The minimum atomic E-state index is -0.0481. The van der Waals surface area contributed by atoms with Gasteiger partial charge in [-0.1, -0.05) is 34.1 Å². The maximum Gasteiger partial charge on any atom is 0.128 e. The van der Waals surface area contributed by atoms with Gasteiger partial charge in [0, 0.05) is 16.2 Å². The van der Waals surface area contributed by atoms with Crippen LogP contribution in [0.5, 0.6) is 0 Å². The van der Waals surface area contributed by atoms with Crippen LogP contribution in [0.15, 0.2) is 47.1 Å². The number of halogens is 1. The van der Waals surface area contributed by atoms with Crippen molar-refractivity contribution in [1.82, 2.24) is 10.4 Å². The predicted molar refractivity (Wildman–Crippen MR) is 76.6 cm³/mol. The number of nitrogens with two attached hydrogens (primary N) is 2. The molecule has 94 valence electrons. The second-order valence-corrected chi connectivity index (χ2v) is 4.95. The van der Waals surface area contributed by atoms with Crippen LogP contribution in [-0.4, -0.2) is 4.98 Å². The molecule has 0 saturated heterocycles. The van der Waals surface area contributed by atoms with Crippen molar-refractivity contribution < 1.29 is 0 Å². The van der Waals surface area contributed by atoms with Crippen molar-refractivity contribution in [1.29, 1.82) is 0 Å². The number of nitrogens with zero attached hydrogens (tertiary/aromatic N) is 1. The first-order valence-electron chi connectivity index (χ1n) is 5.61. The Morgan fingerprint density at radius 2 is 2.11 bits per heavy atom. The summed E-state index contributed by atoms with van der Waals surface area (Å²) in [5.74, 6) is 6.12. The second-order valence-electron chi connectivity index (χ2n) is 4.03. The summed E-state index contributed by atoms with van der Waals surface area (Å²) in [6, 6.07) is 11.9. The average molecular weight is 307 g/mol. The largest absolute Gasteiger partial charge is 0.383 e. The van der Waals surface area contributed by atoms with E-state index in [0.717, 1.165) is 16.5 Å². The molecule has 2 aromatic rings. The van der Waals surface area contributed by atoms with Crippen LogP contribution in [-0.2, 0) is 6.42 Å². The minimum absolute atomic E-state index is 0.0481. The predicted octanol–water partition coefficient (Wildman–Crippen LogP) is 2.17. The van der Waals surface area contributed by atoms with E-state index in [9.17, 15) is 0 Å². The molecule has 1 aromatic heterocycles. The highest BCUT2D eigenvalue weighted by atomic mass is 79.9. The highest BCUT2D eigenvalue weighted by Crippen LogP contribution is 2.22.